The molecule has 21 heavy (non-hydrogen) atoms. The first-order valence-electron chi connectivity index (χ1n) is 6.26. The Kier molecular flexibility index (Phi) is 3.45. The van der Waals surface area contributed by atoms with E-state index in [-0.39, 0.29) is 17.6 Å². The molecule has 1 aliphatic heterocycles. The van der Waals surface area contributed by atoms with Crippen LogP contribution in [0.5, 0.6) is 0 Å². The summed E-state index contributed by atoms with van der Waals surface area (Å²) in [5, 5.41) is 11.2. The second-order valence-corrected chi connectivity index (χ2v) is 5.13. The van der Waals surface area contributed by atoms with Gasteiger partial charge in [-0.05, 0) is 42.0 Å². The third kappa shape index (κ3) is 2.79. The Bertz CT molecular complexity index is 697. The average molecular weight is 304 g/mol. The number of hydrogen-bond acceptors (Lipinski definition) is 4. The van der Waals surface area contributed by atoms with Gasteiger partial charge >= 0.3 is 0 Å². The highest BCUT2D eigenvalue weighted by Gasteiger charge is 2.46. The maximum atomic E-state index is 12.2. The van der Waals surface area contributed by atoms with E-state index in [1.54, 1.807) is 36.4 Å². The van der Waals surface area contributed by atoms with E-state index in [1.165, 1.54) is 12.1 Å². The highest BCUT2D eigenvalue weighted by molar-refractivity contribution is 6.30. The molecule has 1 heterocycles. The maximum absolute atomic E-state index is 12.2. The van der Waals surface area contributed by atoms with Crippen LogP contribution in [0.1, 0.15) is 22.0 Å². The maximum Gasteiger partial charge on any atom is 0.269 e. The second kappa shape index (κ2) is 5.27. The van der Waals surface area contributed by atoms with E-state index in [0.29, 0.717) is 10.6 Å². The number of ketones is 1. The molecule has 2 aromatic rings. The molecule has 0 saturated carbocycles. The van der Waals surface area contributed by atoms with Gasteiger partial charge in [0.25, 0.3) is 5.69 Å². The zero-order valence-electron chi connectivity index (χ0n) is 10.7. The van der Waals surface area contributed by atoms with Crippen LogP contribution in [0.4, 0.5) is 5.69 Å². The fourth-order valence-corrected chi connectivity index (χ4v) is 2.26. The predicted molar refractivity (Wildman–Crippen MR) is 76.5 cm³/mol. The Morgan fingerprint density at radius 2 is 1.71 bits per heavy atom. The van der Waals surface area contributed by atoms with E-state index in [1.807, 2.05) is 0 Å². The Morgan fingerprint density at radius 3 is 2.29 bits per heavy atom. The number of ether oxygens (including phenoxy) is 1. The number of hydrogen-bond donors (Lipinski definition) is 0. The van der Waals surface area contributed by atoms with Crippen molar-refractivity contribution in [2.45, 2.75) is 12.2 Å². The molecular formula is C15H10ClNO4. The molecule has 0 N–H and O–H groups in total. The molecule has 1 fully saturated rings. The Morgan fingerprint density at radius 1 is 1.10 bits per heavy atom. The first-order valence-corrected chi connectivity index (χ1v) is 6.63. The van der Waals surface area contributed by atoms with Crippen molar-refractivity contribution in [3.8, 4) is 0 Å². The van der Waals surface area contributed by atoms with Crippen molar-refractivity contribution in [3.05, 3.63) is 74.8 Å². The lowest BCUT2D eigenvalue weighted by atomic mass is 10.0. The zero-order chi connectivity index (χ0) is 15.0. The summed E-state index contributed by atoms with van der Waals surface area (Å²) in [6.07, 6.45) is -0.874. The largest absolute Gasteiger partial charge is 0.356 e. The van der Waals surface area contributed by atoms with E-state index in [0.717, 1.165) is 5.56 Å². The van der Waals surface area contributed by atoms with Crippen LogP contribution in [0.15, 0.2) is 48.5 Å². The number of epoxide rings is 1. The molecule has 2 unspecified atom stereocenters. The van der Waals surface area contributed by atoms with Crippen LogP contribution in [-0.2, 0) is 4.74 Å². The molecule has 2 aromatic carbocycles. The first kappa shape index (κ1) is 13.7. The minimum absolute atomic E-state index is 0.0139. The summed E-state index contributed by atoms with van der Waals surface area (Å²) in [6.45, 7) is 0. The van der Waals surface area contributed by atoms with E-state index in [9.17, 15) is 14.9 Å². The highest BCUT2D eigenvalue weighted by atomic mass is 35.5. The summed E-state index contributed by atoms with van der Waals surface area (Å²) >= 11 is 5.78. The highest BCUT2D eigenvalue weighted by Crippen LogP contribution is 2.41. The number of rotatable bonds is 4. The molecule has 5 nitrogen and oxygen atoms in total. The molecule has 3 rings (SSSR count). The fraction of sp³-hybridized carbons (Fsp3) is 0.133. The average Bonchev–Trinajstić information content (AvgIpc) is 3.28. The summed E-state index contributed by atoms with van der Waals surface area (Å²) in [7, 11) is 0. The van der Waals surface area contributed by atoms with Gasteiger partial charge in [-0.3, -0.25) is 14.9 Å². The molecular weight excluding hydrogens is 294 g/mol. The predicted octanol–water partition coefficient (Wildman–Crippen LogP) is 3.57. The number of carbonyl (C=O) groups is 1. The minimum atomic E-state index is -0.535. The molecule has 1 aliphatic rings. The van der Waals surface area contributed by atoms with Crippen LogP contribution in [0.25, 0.3) is 0 Å². The molecule has 0 bridgehead atoms. The zero-order valence-corrected chi connectivity index (χ0v) is 11.5. The number of Topliss-reactive ketones (excluding diaryl/α,β-unsaturated/α-hetero) is 1. The summed E-state index contributed by atoms with van der Waals surface area (Å²) in [5.74, 6) is -0.116. The van der Waals surface area contributed by atoms with E-state index >= 15 is 0 Å². The van der Waals surface area contributed by atoms with Crippen molar-refractivity contribution in [2.24, 2.45) is 0 Å². The van der Waals surface area contributed by atoms with Crippen LogP contribution in [0, 0.1) is 10.1 Å². The van der Waals surface area contributed by atoms with Gasteiger partial charge in [-0.25, -0.2) is 0 Å². The Labute approximate surface area is 125 Å². The molecule has 0 amide bonds. The minimum Gasteiger partial charge on any atom is -0.356 e. The lowest BCUT2D eigenvalue weighted by Crippen LogP contribution is -2.07. The summed E-state index contributed by atoms with van der Waals surface area (Å²) < 4.78 is 5.40. The van der Waals surface area contributed by atoms with Crippen molar-refractivity contribution >= 4 is 23.1 Å². The molecule has 0 radical (unpaired) electrons. The van der Waals surface area contributed by atoms with Gasteiger partial charge in [0.2, 0.25) is 0 Å². The number of nitrogens with zero attached hydrogens (tertiary/aromatic N) is 1. The van der Waals surface area contributed by atoms with Gasteiger partial charge in [-0.15, -0.1) is 0 Å². The van der Waals surface area contributed by atoms with Gasteiger partial charge in [0.15, 0.2) is 11.9 Å². The number of non-ortho nitro benzene ring substituents is 1. The lowest BCUT2D eigenvalue weighted by Gasteiger charge is -1.98. The molecule has 0 spiro atoms. The van der Waals surface area contributed by atoms with E-state index in [2.05, 4.69) is 0 Å². The van der Waals surface area contributed by atoms with Crippen LogP contribution in [0.2, 0.25) is 5.02 Å². The van der Waals surface area contributed by atoms with Crippen molar-refractivity contribution in [2.75, 3.05) is 0 Å². The van der Waals surface area contributed by atoms with Gasteiger partial charge in [-0.2, -0.15) is 0 Å². The van der Waals surface area contributed by atoms with E-state index < -0.39 is 11.0 Å². The monoisotopic (exact) mass is 303 g/mol. The van der Waals surface area contributed by atoms with Crippen LogP contribution >= 0.6 is 11.6 Å². The summed E-state index contributed by atoms with van der Waals surface area (Å²) in [6, 6.07) is 12.6. The topological polar surface area (TPSA) is 72.7 Å². The normalized spacial score (nSPS) is 20.0. The van der Waals surface area contributed by atoms with Crippen molar-refractivity contribution in [1.82, 2.24) is 0 Å². The Balaban J connectivity index is 1.72. The van der Waals surface area contributed by atoms with Gasteiger partial charge in [0.05, 0.1) is 4.92 Å². The quantitative estimate of drug-likeness (QED) is 0.374. The van der Waals surface area contributed by atoms with Gasteiger partial charge in [0.1, 0.15) is 6.10 Å². The van der Waals surface area contributed by atoms with Crippen LogP contribution in [-0.4, -0.2) is 16.8 Å². The number of nitro groups is 1. The number of halogens is 1. The van der Waals surface area contributed by atoms with Crippen molar-refractivity contribution in [3.63, 3.8) is 0 Å². The number of nitro benzene ring substituents is 1. The number of carbonyl (C=O) groups excluding carboxylic acids is 1. The van der Waals surface area contributed by atoms with Gasteiger partial charge in [-0.1, -0.05) is 11.6 Å². The van der Waals surface area contributed by atoms with E-state index in [4.69, 9.17) is 16.3 Å². The first-order chi connectivity index (χ1) is 10.1. The molecule has 0 aliphatic carbocycles. The fourth-order valence-electron chi connectivity index (χ4n) is 2.13. The summed E-state index contributed by atoms with van der Waals surface area (Å²) in [5.41, 5.74) is 1.31. The van der Waals surface area contributed by atoms with Gasteiger partial charge < -0.3 is 4.74 Å². The molecule has 2 atom stereocenters. The second-order valence-electron chi connectivity index (χ2n) is 4.70. The SMILES string of the molecule is O=C(c1ccc(Cl)cc1)C1OC1c1ccc([N+](=O)[O-])cc1. The lowest BCUT2D eigenvalue weighted by molar-refractivity contribution is -0.384. The molecule has 106 valence electrons. The van der Waals surface area contributed by atoms with Crippen LogP contribution < -0.4 is 0 Å². The molecule has 6 heteroatoms. The Hall–Kier alpha value is -2.24. The third-order valence-corrected chi connectivity index (χ3v) is 3.56. The number of benzene rings is 2. The van der Waals surface area contributed by atoms with Crippen molar-refractivity contribution < 1.29 is 14.5 Å². The molecule has 0 aromatic heterocycles. The van der Waals surface area contributed by atoms with Crippen LogP contribution in [0.3, 0.4) is 0 Å². The van der Waals surface area contributed by atoms with Crippen molar-refractivity contribution in [1.29, 1.82) is 0 Å². The third-order valence-electron chi connectivity index (χ3n) is 3.31. The van der Waals surface area contributed by atoms with Gasteiger partial charge in [0, 0.05) is 22.7 Å². The standard InChI is InChI=1S/C15H10ClNO4/c16-11-5-1-9(2-6-11)13(18)15-14(21-15)10-3-7-12(8-4-10)17(19)20/h1-8,14-15H. The smallest absolute Gasteiger partial charge is 0.269 e. The summed E-state index contributed by atoms with van der Waals surface area (Å²) in [4.78, 5) is 22.3. The molecule has 1 saturated heterocycles.